The Balaban J connectivity index is 2.87. The van der Waals surface area contributed by atoms with E-state index in [-0.39, 0.29) is 0 Å². The first-order chi connectivity index (χ1) is 7.59. The second kappa shape index (κ2) is 3.65. The maximum atomic E-state index is 11.4. The van der Waals surface area contributed by atoms with Crippen molar-refractivity contribution in [2.75, 3.05) is 0 Å². The number of hydrogen-bond acceptors (Lipinski definition) is 3. The summed E-state index contributed by atoms with van der Waals surface area (Å²) in [6, 6.07) is 6.35. The number of H-pyrrole nitrogens is 1. The van der Waals surface area contributed by atoms with E-state index in [9.17, 15) is 14.4 Å². The summed E-state index contributed by atoms with van der Waals surface area (Å²) in [7, 11) is 0. The zero-order chi connectivity index (χ0) is 11.7. The summed E-state index contributed by atoms with van der Waals surface area (Å²) in [5, 5.41) is 8.96. The smallest absolute Gasteiger partial charge is 0.329 e. The predicted molar refractivity (Wildman–Crippen MR) is 56.5 cm³/mol. The number of rotatable bonds is 2. The molecule has 6 heteroatoms. The van der Waals surface area contributed by atoms with Crippen LogP contribution >= 0.6 is 0 Å². The van der Waals surface area contributed by atoms with Crippen molar-refractivity contribution in [2.24, 2.45) is 0 Å². The minimum atomic E-state index is -1.14. The second-order valence-electron chi connectivity index (χ2n) is 3.26. The molecular weight excluding hydrogens is 212 g/mol. The number of benzene rings is 1. The Labute approximate surface area is 88.8 Å². The van der Waals surface area contributed by atoms with E-state index in [1.54, 1.807) is 12.1 Å². The standard InChI is InChI=1S/C10H8N2O4/c13-8(14)5-12-7-4-2-1-3-6(7)9(15)11-10(12)16/h1-4H,5H2,(H,13,14)(H,11,15,16). The third-order valence-corrected chi connectivity index (χ3v) is 2.20. The van der Waals surface area contributed by atoms with E-state index in [0.29, 0.717) is 10.9 Å². The molecule has 2 N–H and O–H groups in total. The first-order valence-corrected chi connectivity index (χ1v) is 4.53. The molecule has 0 radical (unpaired) electrons. The number of aromatic amines is 1. The van der Waals surface area contributed by atoms with Gasteiger partial charge < -0.3 is 5.11 Å². The molecule has 0 aliphatic carbocycles. The van der Waals surface area contributed by atoms with E-state index in [1.807, 2.05) is 0 Å². The molecular formula is C10H8N2O4. The minimum Gasteiger partial charge on any atom is -0.480 e. The van der Waals surface area contributed by atoms with Gasteiger partial charge in [0.2, 0.25) is 0 Å². The molecule has 0 bridgehead atoms. The molecule has 0 amide bonds. The van der Waals surface area contributed by atoms with Crippen molar-refractivity contribution >= 4 is 16.9 Å². The SMILES string of the molecule is O=C(O)Cn1c(=O)[nH]c(=O)c2ccccc21. The molecule has 6 nitrogen and oxygen atoms in total. The van der Waals surface area contributed by atoms with Crippen molar-refractivity contribution in [3.05, 3.63) is 45.1 Å². The molecule has 82 valence electrons. The number of hydrogen-bond donors (Lipinski definition) is 2. The summed E-state index contributed by atoms with van der Waals surface area (Å²) in [6.45, 7) is -0.476. The van der Waals surface area contributed by atoms with Gasteiger partial charge in [-0.1, -0.05) is 12.1 Å². The van der Waals surface area contributed by atoms with Crippen LogP contribution < -0.4 is 11.2 Å². The molecule has 0 fully saturated rings. The third-order valence-electron chi connectivity index (χ3n) is 2.20. The highest BCUT2D eigenvalue weighted by Gasteiger charge is 2.08. The van der Waals surface area contributed by atoms with Gasteiger partial charge in [0.15, 0.2) is 0 Å². The molecule has 1 aromatic heterocycles. The van der Waals surface area contributed by atoms with Gasteiger partial charge in [0.1, 0.15) is 6.54 Å². The normalized spacial score (nSPS) is 10.5. The monoisotopic (exact) mass is 220 g/mol. The van der Waals surface area contributed by atoms with E-state index >= 15 is 0 Å². The molecule has 0 saturated heterocycles. The van der Waals surface area contributed by atoms with Crippen molar-refractivity contribution in [3.8, 4) is 0 Å². The number of carboxylic acids is 1. The quantitative estimate of drug-likeness (QED) is 0.731. The maximum absolute atomic E-state index is 11.4. The number of aliphatic carboxylic acids is 1. The zero-order valence-corrected chi connectivity index (χ0v) is 8.14. The van der Waals surface area contributed by atoms with Gasteiger partial charge >= 0.3 is 11.7 Å². The third kappa shape index (κ3) is 1.60. The molecule has 0 atom stereocenters. The highest BCUT2D eigenvalue weighted by atomic mass is 16.4. The number of carboxylic acid groups (broad SMARTS) is 1. The fourth-order valence-corrected chi connectivity index (χ4v) is 1.53. The Hall–Kier alpha value is -2.37. The summed E-state index contributed by atoms with van der Waals surface area (Å²) in [5.74, 6) is -1.14. The van der Waals surface area contributed by atoms with Crippen LogP contribution in [-0.4, -0.2) is 20.6 Å². The van der Waals surface area contributed by atoms with Gasteiger partial charge in [0.05, 0.1) is 10.9 Å². The van der Waals surface area contributed by atoms with Crippen LogP contribution in [0.3, 0.4) is 0 Å². The average molecular weight is 220 g/mol. The van der Waals surface area contributed by atoms with E-state index in [2.05, 4.69) is 4.98 Å². The van der Waals surface area contributed by atoms with Crippen molar-refractivity contribution in [1.82, 2.24) is 9.55 Å². The lowest BCUT2D eigenvalue weighted by molar-refractivity contribution is -0.137. The molecule has 16 heavy (non-hydrogen) atoms. The Morgan fingerprint density at radius 3 is 2.69 bits per heavy atom. The lowest BCUT2D eigenvalue weighted by Gasteiger charge is -2.05. The van der Waals surface area contributed by atoms with Gasteiger partial charge in [0.25, 0.3) is 5.56 Å². The second-order valence-corrected chi connectivity index (χ2v) is 3.26. The Bertz CT molecular complexity index is 668. The Morgan fingerprint density at radius 2 is 2.00 bits per heavy atom. The first-order valence-electron chi connectivity index (χ1n) is 4.53. The molecule has 2 rings (SSSR count). The highest BCUT2D eigenvalue weighted by molar-refractivity contribution is 5.79. The summed E-state index contributed by atoms with van der Waals surface area (Å²) in [6.07, 6.45) is 0. The van der Waals surface area contributed by atoms with Crippen LogP contribution in [0.1, 0.15) is 0 Å². The lowest BCUT2D eigenvalue weighted by atomic mass is 10.2. The summed E-state index contributed by atoms with van der Waals surface area (Å²) in [4.78, 5) is 35.5. The summed E-state index contributed by atoms with van der Waals surface area (Å²) >= 11 is 0. The molecule has 0 saturated carbocycles. The molecule has 0 spiro atoms. The molecule has 0 aliphatic rings. The van der Waals surface area contributed by atoms with Crippen LogP contribution in [0.2, 0.25) is 0 Å². The van der Waals surface area contributed by atoms with Gasteiger partial charge in [-0.25, -0.2) is 4.79 Å². The van der Waals surface area contributed by atoms with Gasteiger partial charge in [-0.05, 0) is 12.1 Å². The number of nitrogens with zero attached hydrogens (tertiary/aromatic N) is 1. The zero-order valence-electron chi connectivity index (χ0n) is 8.14. The number of para-hydroxylation sites is 1. The van der Waals surface area contributed by atoms with Gasteiger partial charge in [-0.3, -0.25) is 19.1 Å². The molecule has 1 heterocycles. The molecule has 0 unspecified atom stereocenters. The van der Waals surface area contributed by atoms with Crippen molar-refractivity contribution < 1.29 is 9.90 Å². The molecule has 2 aromatic rings. The van der Waals surface area contributed by atoms with Crippen molar-refractivity contribution in [3.63, 3.8) is 0 Å². The van der Waals surface area contributed by atoms with Crippen LogP contribution in [-0.2, 0) is 11.3 Å². The average Bonchev–Trinajstić information content (AvgIpc) is 2.24. The topological polar surface area (TPSA) is 92.2 Å². The van der Waals surface area contributed by atoms with Gasteiger partial charge in [-0.2, -0.15) is 0 Å². The molecule has 0 aliphatic heterocycles. The molecule has 1 aromatic carbocycles. The first kappa shape index (κ1) is 10.2. The summed E-state index contributed by atoms with van der Waals surface area (Å²) in [5.41, 5.74) is -0.910. The number of nitrogens with one attached hydrogen (secondary N) is 1. The van der Waals surface area contributed by atoms with Crippen LogP contribution in [0, 0.1) is 0 Å². The van der Waals surface area contributed by atoms with E-state index in [1.165, 1.54) is 12.1 Å². The Morgan fingerprint density at radius 1 is 1.31 bits per heavy atom. The fourth-order valence-electron chi connectivity index (χ4n) is 1.53. The van der Waals surface area contributed by atoms with E-state index in [4.69, 9.17) is 5.11 Å². The fraction of sp³-hybridized carbons (Fsp3) is 0.100. The Kier molecular flexibility index (Phi) is 2.32. The van der Waals surface area contributed by atoms with Gasteiger partial charge in [0, 0.05) is 0 Å². The minimum absolute atomic E-state index is 0.295. The number of aromatic nitrogens is 2. The largest absolute Gasteiger partial charge is 0.480 e. The maximum Gasteiger partial charge on any atom is 0.329 e. The number of fused-ring (bicyclic) bond motifs is 1. The van der Waals surface area contributed by atoms with Crippen LogP contribution in [0.5, 0.6) is 0 Å². The van der Waals surface area contributed by atoms with E-state index < -0.39 is 23.8 Å². The number of carbonyl (C=O) groups is 1. The van der Waals surface area contributed by atoms with Gasteiger partial charge in [-0.15, -0.1) is 0 Å². The highest BCUT2D eigenvalue weighted by Crippen LogP contribution is 2.05. The van der Waals surface area contributed by atoms with Crippen LogP contribution in [0.4, 0.5) is 0 Å². The lowest BCUT2D eigenvalue weighted by Crippen LogP contribution is -2.32. The van der Waals surface area contributed by atoms with Crippen molar-refractivity contribution in [2.45, 2.75) is 6.54 Å². The summed E-state index contributed by atoms with van der Waals surface area (Å²) < 4.78 is 1.01. The van der Waals surface area contributed by atoms with E-state index in [0.717, 1.165) is 4.57 Å². The van der Waals surface area contributed by atoms with Crippen molar-refractivity contribution in [1.29, 1.82) is 0 Å². The predicted octanol–water partition coefficient (Wildman–Crippen LogP) is -0.226. The van der Waals surface area contributed by atoms with Crippen LogP contribution in [0.15, 0.2) is 33.9 Å². The van der Waals surface area contributed by atoms with Crippen LogP contribution in [0.25, 0.3) is 10.9 Å².